The summed E-state index contributed by atoms with van der Waals surface area (Å²) in [5, 5.41) is 10.9. The highest BCUT2D eigenvalue weighted by Gasteiger charge is 2.50. The van der Waals surface area contributed by atoms with Crippen LogP contribution < -0.4 is 14.5 Å². The standard InChI is InChI=1S/C27H27N3O7/c1-15-3-9-21-22(11-15)26(33)29(25(21)32)23-10-8-20(12-16(23)2)37-27(34)17-13-24(31)28(14-17)18-4-6-19(7-5-18)30(35)36/h4-8,10,12,15,17,21-22H,3,9,11,13-14H2,1-2H3/t15-,17+,21+,22-/m0/s1. The average Bonchev–Trinajstić information content (AvgIpc) is 3.37. The molecular weight excluding hydrogens is 478 g/mol. The second kappa shape index (κ2) is 9.42. The van der Waals surface area contributed by atoms with E-state index >= 15 is 0 Å². The molecule has 2 heterocycles. The van der Waals surface area contributed by atoms with Crippen LogP contribution in [0.25, 0.3) is 0 Å². The van der Waals surface area contributed by atoms with Gasteiger partial charge in [0.25, 0.3) is 5.69 Å². The van der Waals surface area contributed by atoms with Gasteiger partial charge in [-0.2, -0.15) is 0 Å². The number of fused-ring (bicyclic) bond motifs is 1. The summed E-state index contributed by atoms with van der Waals surface area (Å²) in [5.74, 6) is -1.73. The van der Waals surface area contributed by atoms with Crippen LogP contribution in [0.2, 0.25) is 0 Å². The summed E-state index contributed by atoms with van der Waals surface area (Å²) in [6.45, 7) is 3.96. The Kier molecular flexibility index (Phi) is 6.26. The number of nitrogens with zero attached hydrogens (tertiary/aromatic N) is 3. The molecule has 3 fully saturated rings. The molecule has 3 amide bonds. The lowest BCUT2D eigenvalue weighted by molar-refractivity contribution is -0.384. The highest BCUT2D eigenvalue weighted by molar-refractivity contribution is 6.22. The Morgan fingerprint density at radius 3 is 2.41 bits per heavy atom. The highest BCUT2D eigenvalue weighted by Crippen LogP contribution is 2.43. The van der Waals surface area contributed by atoms with Crippen molar-refractivity contribution in [2.45, 2.75) is 39.5 Å². The van der Waals surface area contributed by atoms with Crippen LogP contribution in [-0.2, 0) is 19.2 Å². The number of nitro benzene ring substituents is 1. The summed E-state index contributed by atoms with van der Waals surface area (Å²) < 4.78 is 5.55. The smallest absolute Gasteiger partial charge is 0.316 e. The number of nitro groups is 1. The first-order valence-electron chi connectivity index (χ1n) is 12.4. The molecule has 2 aromatic rings. The number of hydrogen-bond acceptors (Lipinski definition) is 7. The number of amides is 3. The van der Waals surface area contributed by atoms with Crippen molar-refractivity contribution in [3.63, 3.8) is 0 Å². The summed E-state index contributed by atoms with van der Waals surface area (Å²) in [7, 11) is 0. The third-order valence-electron chi connectivity index (χ3n) is 7.65. The zero-order valence-corrected chi connectivity index (χ0v) is 20.6. The van der Waals surface area contributed by atoms with Crippen LogP contribution in [0.1, 0.15) is 38.2 Å². The summed E-state index contributed by atoms with van der Waals surface area (Å²) in [4.78, 5) is 64.5. The number of aryl methyl sites for hydroxylation is 1. The third kappa shape index (κ3) is 4.47. The Bertz CT molecular complexity index is 1310. The number of benzene rings is 2. The average molecular weight is 506 g/mol. The van der Waals surface area contributed by atoms with Crippen molar-refractivity contribution in [3.8, 4) is 5.75 Å². The predicted molar refractivity (Wildman–Crippen MR) is 133 cm³/mol. The molecule has 192 valence electrons. The van der Waals surface area contributed by atoms with Gasteiger partial charge in [0, 0.05) is 30.8 Å². The van der Waals surface area contributed by atoms with E-state index in [0.717, 1.165) is 19.3 Å². The molecule has 1 aliphatic carbocycles. The summed E-state index contributed by atoms with van der Waals surface area (Å²) in [6.07, 6.45) is 2.34. The lowest BCUT2D eigenvalue weighted by atomic mass is 9.76. The van der Waals surface area contributed by atoms with Crippen LogP contribution in [0, 0.1) is 40.7 Å². The van der Waals surface area contributed by atoms with E-state index in [1.54, 1.807) is 25.1 Å². The van der Waals surface area contributed by atoms with E-state index in [4.69, 9.17) is 4.74 Å². The number of hydrogen-bond donors (Lipinski definition) is 0. The number of esters is 1. The lowest BCUT2D eigenvalue weighted by Gasteiger charge is -2.25. The topological polar surface area (TPSA) is 127 Å². The molecule has 37 heavy (non-hydrogen) atoms. The van der Waals surface area contributed by atoms with E-state index in [0.29, 0.717) is 22.9 Å². The van der Waals surface area contributed by atoms with Crippen LogP contribution in [0.4, 0.5) is 17.1 Å². The number of anilines is 2. The van der Waals surface area contributed by atoms with Crippen molar-refractivity contribution < 1.29 is 28.8 Å². The van der Waals surface area contributed by atoms with Gasteiger partial charge < -0.3 is 9.64 Å². The first-order valence-corrected chi connectivity index (χ1v) is 12.4. The molecule has 0 bridgehead atoms. The quantitative estimate of drug-likeness (QED) is 0.199. The molecule has 0 unspecified atom stereocenters. The molecule has 2 aromatic carbocycles. The molecule has 2 aliphatic heterocycles. The van der Waals surface area contributed by atoms with Crippen LogP contribution in [-0.4, -0.2) is 35.2 Å². The largest absolute Gasteiger partial charge is 0.426 e. The van der Waals surface area contributed by atoms with Crippen molar-refractivity contribution in [2.24, 2.45) is 23.7 Å². The molecule has 0 spiro atoms. The zero-order chi connectivity index (χ0) is 26.4. The van der Waals surface area contributed by atoms with E-state index in [1.165, 1.54) is 34.1 Å². The molecule has 4 atom stereocenters. The molecule has 0 aromatic heterocycles. The fourth-order valence-electron chi connectivity index (χ4n) is 5.64. The predicted octanol–water partition coefficient (Wildman–Crippen LogP) is 3.79. The van der Waals surface area contributed by atoms with Crippen molar-refractivity contribution in [1.29, 1.82) is 0 Å². The van der Waals surface area contributed by atoms with E-state index in [2.05, 4.69) is 6.92 Å². The van der Waals surface area contributed by atoms with Crippen LogP contribution in [0.5, 0.6) is 5.75 Å². The van der Waals surface area contributed by atoms with E-state index < -0.39 is 16.8 Å². The van der Waals surface area contributed by atoms with Crippen LogP contribution in [0.15, 0.2) is 42.5 Å². The fourth-order valence-corrected chi connectivity index (χ4v) is 5.64. The maximum Gasteiger partial charge on any atom is 0.316 e. The summed E-state index contributed by atoms with van der Waals surface area (Å²) in [5.41, 5.74) is 1.52. The van der Waals surface area contributed by atoms with Gasteiger partial charge in [0.15, 0.2) is 0 Å². The Labute approximate surface area is 213 Å². The maximum atomic E-state index is 13.1. The lowest BCUT2D eigenvalue weighted by Crippen LogP contribution is -2.31. The molecule has 10 nitrogen and oxygen atoms in total. The fraction of sp³-hybridized carbons (Fsp3) is 0.407. The third-order valence-corrected chi connectivity index (χ3v) is 7.65. The second-order valence-corrected chi connectivity index (χ2v) is 10.2. The minimum absolute atomic E-state index is 0.0368. The minimum atomic E-state index is -0.700. The summed E-state index contributed by atoms with van der Waals surface area (Å²) in [6, 6.07) is 10.4. The van der Waals surface area contributed by atoms with E-state index in [1.807, 2.05) is 0 Å². The molecule has 5 rings (SSSR count). The van der Waals surface area contributed by atoms with Gasteiger partial charge in [-0.15, -0.1) is 0 Å². The maximum absolute atomic E-state index is 13.1. The van der Waals surface area contributed by atoms with Crippen molar-refractivity contribution in [2.75, 3.05) is 16.3 Å². The van der Waals surface area contributed by atoms with Gasteiger partial charge >= 0.3 is 5.97 Å². The van der Waals surface area contributed by atoms with Crippen molar-refractivity contribution in [3.05, 3.63) is 58.1 Å². The van der Waals surface area contributed by atoms with E-state index in [-0.39, 0.29) is 54.0 Å². The number of carbonyl (C=O) groups is 4. The van der Waals surface area contributed by atoms with Crippen LogP contribution >= 0.6 is 0 Å². The van der Waals surface area contributed by atoms with Gasteiger partial charge in [-0.25, -0.2) is 4.90 Å². The molecule has 10 heteroatoms. The molecular formula is C27H27N3O7. The van der Waals surface area contributed by atoms with Gasteiger partial charge in [-0.3, -0.25) is 29.3 Å². The van der Waals surface area contributed by atoms with Crippen LogP contribution in [0.3, 0.4) is 0 Å². The first-order chi connectivity index (χ1) is 17.6. The first kappa shape index (κ1) is 24.6. The normalized spacial score (nSPS) is 25.4. The Morgan fingerprint density at radius 1 is 1.03 bits per heavy atom. The summed E-state index contributed by atoms with van der Waals surface area (Å²) >= 11 is 0. The Balaban J connectivity index is 1.26. The second-order valence-electron chi connectivity index (χ2n) is 10.2. The molecule has 0 radical (unpaired) electrons. The zero-order valence-electron chi connectivity index (χ0n) is 20.6. The van der Waals surface area contributed by atoms with E-state index in [9.17, 15) is 29.3 Å². The minimum Gasteiger partial charge on any atom is -0.426 e. The monoisotopic (exact) mass is 505 g/mol. The van der Waals surface area contributed by atoms with Crippen molar-refractivity contribution in [1.82, 2.24) is 0 Å². The molecule has 0 N–H and O–H groups in total. The number of carbonyl (C=O) groups excluding carboxylic acids is 4. The Hall–Kier alpha value is -4.08. The number of non-ortho nitro benzene ring substituents is 1. The van der Waals surface area contributed by atoms with Gasteiger partial charge in [-0.05, 0) is 68.0 Å². The van der Waals surface area contributed by atoms with Gasteiger partial charge in [0.2, 0.25) is 17.7 Å². The molecule has 1 saturated carbocycles. The molecule has 2 saturated heterocycles. The SMILES string of the molecule is Cc1cc(OC(=O)[C@@H]2CC(=O)N(c3ccc([N+](=O)[O-])cc3)C2)ccc1N1C(=O)[C@H]2C[C@@H](C)CC[C@H]2C1=O. The van der Waals surface area contributed by atoms with Gasteiger partial charge in [0.05, 0.1) is 28.4 Å². The highest BCUT2D eigenvalue weighted by atomic mass is 16.6. The number of ether oxygens (including phenoxy) is 1. The molecule has 3 aliphatic rings. The number of rotatable bonds is 5. The van der Waals surface area contributed by atoms with Crippen molar-refractivity contribution >= 4 is 40.8 Å². The number of imide groups is 1. The van der Waals surface area contributed by atoms with Gasteiger partial charge in [0.1, 0.15) is 5.75 Å². The van der Waals surface area contributed by atoms with Gasteiger partial charge in [-0.1, -0.05) is 6.92 Å². The Morgan fingerprint density at radius 2 is 1.73 bits per heavy atom.